The average molecular weight is 670 g/mol. The van der Waals surface area contributed by atoms with Crippen molar-refractivity contribution in [3.8, 4) is 11.5 Å². The lowest BCUT2D eigenvalue weighted by molar-refractivity contribution is -0.135. The number of phenolic OH excluding ortho intramolecular Hbond substituents is 1. The minimum atomic E-state index is -1.38. The summed E-state index contributed by atoms with van der Waals surface area (Å²) in [6.07, 6.45) is 3.98. The third kappa shape index (κ3) is 4.56. The second kappa shape index (κ2) is 11.7. The molecule has 0 aromatic heterocycles. The Morgan fingerprint density at radius 1 is 0.837 bits per heavy atom. The van der Waals surface area contributed by atoms with Crippen LogP contribution >= 0.6 is 11.6 Å². The maximum Gasteiger partial charge on any atom is 0.238 e. The number of hydrogen-bond acceptors (Lipinski definition) is 6. The van der Waals surface area contributed by atoms with Crippen LogP contribution in [0.4, 0.5) is 5.69 Å². The molecular weight excluding hydrogens is 638 g/mol. The minimum Gasteiger partial charge on any atom is -0.504 e. The molecule has 2 amide bonds. The lowest BCUT2D eigenvalue weighted by Gasteiger charge is -2.55. The van der Waals surface area contributed by atoms with E-state index in [-0.39, 0.29) is 41.3 Å². The highest BCUT2D eigenvalue weighted by Gasteiger charge is 2.66. The molecule has 1 saturated heterocycles. The zero-order valence-corrected chi connectivity index (χ0v) is 27.3. The molecule has 1 aliphatic heterocycles. The Balaban J connectivity index is 1.36. The zero-order chi connectivity index (χ0) is 34.0. The van der Waals surface area contributed by atoms with Gasteiger partial charge in [0.15, 0.2) is 23.1 Å². The SMILES string of the molecule is COc1ccc(C2C3=CCC4C(=O)N(c5ccc(Cl)cc5)C(=O)C4C3CC3C(=O)C(c4ccccc4)=CC(=O)C32c2ccccc2)cc1O. The first-order valence-corrected chi connectivity index (χ1v) is 16.7. The third-order valence-corrected chi connectivity index (χ3v) is 11.2. The molecule has 8 heteroatoms. The van der Waals surface area contributed by atoms with Gasteiger partial charge in [0, 0.05) is 22.4 Å². The lowest BCUT2D eigenvalue weighted by Crippen LogP contribution is -2.58. The molecule has 4 aliphatic rings. The number of allylic oxidation sites excluding steroid dienone is 4. The predicted molar refractivity (Wildman–Crippen MR) is 185 cm³/mol. The Kier molecular flexibility index (Phi) is 7.41. The first-order valence-electron chi connectivity index (χ1n) is 16.4. The lowest BCUT2D eigenvalue weighted by atomic mass is 9.44. The van der Waals surface area contributed by atoms with Gasteiger partial charge in [-0.1, -0.05) is 90.0 Å². The number of rotatable bonds is 5. The average Bonchev–Trinajstić information content (AvgIpc) is 3.38. The maximum absolute atomic E-state index is 15.1. The van der Waals surface area contributed by atoms with Crippen LogP contribution in [0.5, 0.6) is 11.5 Å². The number of hydrogen-bond donors (Lipinski definition) is 1. The van der Waals surface area contributed by atoms with Crippen molar-refractivity contribution in [2.45, 2.75) is 24.2 Å². The molecule has 7 nitrogen and oxygen atoms in total. The number of carbonyl (C=O) groups is 4. The number of halogens is 1. The van der Waals surface area contributed by atoms with Gasteiger partial charge in [-0.05, 0) is 77.9 Å². The summed E-state index contributed by atoms with van der Waals surface area (Å²) in [6.45, 7) is 0. The molecule has 4 aromatic carbocycles. The van der Waals surface area contributed by atoms with Crippen molar-refractivity contribution >= 4 is 46.2 Å². The Labute approximate surface area is 288 Å². The zero-order valence-electron chi connectivity index (χ0n) is 26.6. The van der Waals surface area contributed by atoms with Crippen LogP contribution in [0.2, 0.25) is 5.02 Å². The molecule has 244 valence electrons. The molecule has 4 aromatic rings. The first-order chi connectivity index (χ1) is 23.7. The number of ketones is 2. The molecule has 6 atom stereocenters. The highest BCUT2D eigenvalue weighted by atomic mass is 35.5. The molecule has 1 N–H and O–H groups in total. The minimum absolute atomic E-state index is 0.104. The summed E-state index contributed by atoms with van der Waals surface area (Å²) >= 11 is 6.13. The highest BCUT2D eigenvalue weighted by Crippen LogP contribution is 2.64. The molecule has 8 rings (SSSR count). The fourth-order valence-electron chi connectivity index (χ4n) is 8.98. The summed E-state index contributed by atoms with van der Waals surface area (Å²) in [5, 5.41) is 11.5. The number of anilines is 1. The number of imide groups is 1. The van der Waals surface area contributed by atoms with Gasteiger partial charge >= 0.3 is 0 Å². The van der Waals surface area contributed by atoms with E-state index in [4.69, 9.17) is 16.3 Å². The number of Topliss-reactive ketones (excluding diaryl/α,β-unsaturated/α-hetero) is 1. The number of amides is 2. The van der Waals surface area contributed by atoms with E-state index in [1.54, 1.807) is 36.4 Å². The molecular formula is C41H32ClNO6. The van der Waals surface area contributed by atoms with Crippen molar-refractivity contribution in [2.75, 3.05) is 12.0 Å². The van der Waals surface area contributed by atoms with Crippen LogP contribution in [-0.4, -0.2) is 35.6 Å². The van der Waals surface area contributed by atoms with Gasteiger partial charge in [-0.2, -0.15) is 0 Å². The summed E-state index contributed by atoms with van der Waals surface area (Å²) in [6, 6.07) is 30.2. The molecule has 49 heavy (non-hydrogen) atoms. The number of nitrogens with zero attached hydrogens (tertiary/aromatic N) is 1. The molecule has 2 fully saturated rings. The summed E-state index contributed by atoms with van der Waals surface area (Å²) in [7, 11) is 1.46. The number of benzene rings is 4. The van der Waals surface area contributed by atoms with Gasteiger partial charge in [0.05, 0.1) is 30.0 Å². The van der Waals surface area contributed by atoms with E-state index in [1.807, 2.05) is 72.8 Å². The Morgan fingerprint density at radius 3 is 2.20 bits per heavy atom. The number of aromatic hydroxyl groups is 1. The molecule has 3 aliphatic carbocycles. The van der Waals surface area contributed by atoms with Crippen molar-refractivity contribution < 1.29 is 29.0 Å². The van der Waals surface area contributed by atoms with Crippen LogP contribution in [0.1, 0.15) is 35.4 Å². The summed E-state index contributed by atoms with van der Waals surface area (Å²) in [5.74, 6) is -4.34. The normalized spacial score (nSPS) is 27.6. The quantitative estimate of drug-likeness (QED) is 0.180. The topological polar surface area (TPSA) is 101 Å². The first kappa shape index (κ1) is 31.0. The number of methoxy groups -OCH3 is 1. The molecule has 0 radical (unpaired) electrons. The van der Waals surface area contributed by atoms with Crippen molar-refractivity contribution in [1.29, 1.82) is 0 Å². The van der Waals surface area contributed by atoms with Crippen molar-refractivity contribution in [3.63, 3.8) is 0 Å². The van der Waals surface area contributed by atoms with E-state index in [1.165, 1.54) is 18.1 Å². The van der Waals surface area contributed by atoms with Gasteiger partial charge in [-0.25, -0.2) is 0 Å². The van der Waals surface area contributed by atoms with Gasteiger partial charge in [-0.3, -0.25) is 24.1 Å². The number of carbonyl (C=O) groups excluding carboxylic acids is 4. The molecule has 1 heterocycles. The standard InChI is InChI=1S/C41H32ClNO6/c1-49-34-19-12-24(20-33(34)44)37-28-17-18-29-36(40(48)43(39(29)47)27-15-13-26(42)14-16-27)31(28)21-32-38(46)30(23-8-4-2-5-9-23)22-35(45)41(32,37)25-10-6-3-7-11-25/h2-17,19-20,22,29,31-32,36-37,44H,18,21H2,1H3. The maximum atomic E-state index is 15.1. The molecule has 0 bridgehead atoms. The smallest absolute Gasteiger partial charge is 0.238 e. The van der Waals surface area contributed by atoms with E-state index >= 15 is 4.79 Å². The van der Waals surface area contributed by atoms with Gasteiger partial charge in [0.25, 0.3) is 0 Å². The number of fused-ring (bicyclic) bond motifs is 4. The number of ether oxygens (including phenoxy) is 1. The summed E-state index contributed by atoms with van der Waals surface area (Å²) < 4.78 is 5.36. The van der Waals surface area contributed by atoms with E-state index in [2.05, 4.69) is 0 Å². The van der Waals surface area contributed by atoms with Gasteiger partial charge in [0.2, 0.25) is 11.8 Å². The fraction of sp³-hybridized carbons (Fsp3) is 0.220. The molecule has 0 spiro atoms. The van der Waals surface area contributed by atoms with Crippen LogP contribution in [0.15, 0.2) is 121 Å². The van der Waals surface area contributed by atoms with E-state index < -0.39 is 35.0 Å². The largest absolute Gasteiger partial charge is 0.504 e. The fourth-order valence-corrected chi connectivity index (χ4v) is 9.11. The Morgan fingerprint density at radius 2 is 1.53 bits per heavy atom. The molecule has 1 saturated carbocycles. The van der Waals surface area contributed by atoms with Gasteiger partial charge in [0.1, 0.15) is 0 Å². The van der Waals surface area contributed by atoms with Crippen LogP contribution < -0.4 is 9.64 Å². The van der Waals surface area contributed by atoms with Crippen LogP contribution in [0.25, 0.3) is 5.57 Å². The van der Waals surface area contributed by atoms with Crippen molar-refractivity contribution in [1.82, 2.24) is 0 Å². The predicted octanol–water partition coefficient (Wildman–Crippen LogP) is 7.08. The van der Waals surface area contributed by atoms with Gasteiger partial charge in [-0.15, -0.1) is 0 Å². The van der Waals surface area contributed by atoms with E-state index in [0.717, 1.165) is 5.57 Å². The second-order valence-electron chi connectivity index (χ2n) is 13.2. The summed E-state index contributed by atoms with van der Waals surface area (Å²) in [4.78, 5) is 59.7. The monoisotopic (exact) mass is 669 g/mol. The number of phenols is 1. The van der Waals surface area contributed by atoms with Crippen LogP contribution in [0.3, 0.4) is 0 Å². The Bertz CT molecular complexity index is 2090. The summed E-state index contributed by atoms with van der Waals surface area (Å²) in [5.41, 5.74) is 2.15. The second-order valence-corrected chi connectivity index (χ2v) is 13.6. The van der Waals surface area contributed by atoms with Crippen LogP contribution in [0, 0.1) is 23.7 Å². The van der Waals surface area contributed by atoms with E-state index in [9.17, 15) is 19.5 Å². The Hall–Kier alpha value is -5.27. The third-order valence-electron chi connectivity index (χ3n) is 11.0. The molecule has 6 unspecified atom stereocenters. The van der Waals surface area contributed by atoms with E-state index in [0.29, 0.717) is 39.4 Å². The van der Waals surface area contributed by atoms with Crippen molar-refractivity contribution in [3.05, 3.63) is 143 Å². The van der Waals surface area contributed by atoms with Gasteiger partial charge < -0.3 is 9.84 Å². The van der Waals surface area contributed by atoms with Crippen LogP contribution in [-0.2, 0) is 24.6 Å². The van der Waals surface area contributed by atoms with Crippen molar-refractivity contribution in [2.24, 2.45) is 23.7 Å². The highest BCUT2D eigenvalue weighted by molar-refractivity contribution is 6.32.